The van der Waals surface area contributed by atoms with E-state index >= 15 is 0 Å². The third-order valence-corrected chi connectivity index (χ3v) is 6.35. The van der Waals surface area contributed by atoms with Crippen molar-refractivity contribution in [1.82, 2.24) is 5.32 Å². The van der Waals surface area contributed by atoms with Crippen LogP contribution in [0.4, 0.5) is 0 Å². The summed E-state index contributed by atoms with van der Waals surface area (Å²) in [7, 11) is -1.08. The average molecular weight is 261 g/mol. The molecule has 0 radical (unpaired) electrons. The van der Waals surface area contributed by atoms with Gasteiger partial charge in [0.15, 0.2) is 9.84 Å². The molecule has 1 aliphatic carbocycles. The zero-order valence-electron chi connectivity index (χ0n) is 11.8. The van der Waals surface area contributed by atoms with Crippen molar-refractivity contribution in [2.75, 3.05) is 13.3 Å². The van der Waals surface area contributed by atoms with Gasteiger partial charge in [-0.25, -0.2) is 8.42 Å². The van der Waals surface area contributed by atoms with Crippen LogP contribution in [0.2, 0.25) is 0 Å². The Labute approximate surface area is 106 Å². The maximum absolute atomic E-state index is 11.9. The molecule has 3 nitrogen and oxygen atoms in total. The molecule has 4 heteroatoms. The molecular formula is C13H27NO2S. The Morgan fingerprint density at radius 2 is 1.88 bits per heavy atom. The fourth-order valence-corrected chi connectivity index (χ4v) is 4.38. The van der Waals surface area contributed by atoms with Crippen molar-refractivity contribution in [1.29, 1.82) is 0 Å². The van der Waals surface area contributed by atoms with E-state index in [9.17, 15) is 8.42 Å². The first-order chi connectivity index (χ1) is 7.72. The van der Waals surface area contributed by atoms with E-state index in [4.69, 9.17) is 0 Å². The second-order valence-corrected chi connectivity index (χ2v) is 8.38. The minimum Gasteiger partial charge on any atom is -0.316 e. The van der Waals surface area contributed by atoms with Gasteiger partial charge in [0.1, 0.15) is 0 Å². The quantitative estimate of drug-likeness (QED) is 0.844. The summed E-state index contributed by atoms with van der Waals surface area (Å²) < 4.78 is 23.8. The minimum atomic E-state index is -2.95. The zero-order chi connectivity index (χ0) is 13.3. The smallest absolute Gasteiger partial charge is 0.151 e. The molecule has 1 saturated carbocycles. The highest BCUT2D eigenvalue weighted by Gasteiger charge is 2.40. The molecule has 0 spiro atoms. The van der Waals surface area contributed by atoms with E-state index in [0.29, 0.717) is 5.92 Å². The minimum absolute atomic E-state index is 0.133. The molecule has 0 heterocycles. The van der Waals surface area contributed by atoms with Crippen molar-refractivity contribution < 1.29 is 8.42 Å². The SMILES string of the molecule is CCC(C)(C)C1CCC(NC)C(S(C)(=O)=O)C1. The molecule has 1 aliphatic rings. The van der Waals surface area contributed by atoms with Gasteiger partial charge in [-0.2, -0.15) is 0 Å². The summed E-state index contributed by atoms with van der Waals surface area (Å²) in [5, 5.41) is 2.96. The largest absolute Gasteiger partial charge is 0.316 e. The van der Waals surface area contributed by atoms with E-state index in [0.717, 1.165) is 25.7 Å². The van der Waals surface area contributed by atoms with Crippen LogP contribution in [0.1, 0.15) is 46.5 Å². The van der Waals surface area contributed by atoms with Crippen LogP contribution >= 0.6 is 0 Å². The average Bonchev–Trinajstić information content (AvgIpc) is 2.27. The fourth-order valence-electron chi connectivity index (χ4n) is 2.93. The lowest BCUT2D eigenvalue weighted by atomic mass is 9.68. The highest BCUT2D eigenvalue weighted by molar-refractivity contribution is 7.91. The molecule has 17 heavy (non-hydrogen) atoms. The molecule has 3 unspecified atom stereocenters. The predicted molar refractivity (Wildman–Crippen MR) is 72.9 cm³/mol. The highest BCUT2D eigenvalue weighted by Crippen LogP contribution is 2.41. The summed E-state index contributed by atoms with van der Waals surface area (Å²) in [5.74, 6) is 0.525. The van der Waals surface area contributed by atoms with Gasteiger partial charge in [-0.05, 0) is 37.6 Å². The molecule has 0 aromatic heterocycles. The number of sulfone groups is 1. The molecule has 3 atom stereocenters. The number of hydrogen-bond acceptors (Lipinski definition) is 3. The molecule has 1 fully saturated rings. The normalized spacial score (nSPS) is 31.5. The van der Waals surface area contributed by atoms with Crippen LogP contribution in [0, 0.1) is 11.3 Å². The second kappa shape index (κ2) is 5.27. The highest BCUT2D eigenvalue weighted by atomic mass is 32.2. The second-order valence-electron chi connectivity index (χ2n) is 6.12. The molecule has 0 bridgehead atoms. The Morgan fingerprint density at radius 3 is 2.29 bits per heavy atom. The summed E-state index contributed by atoms with van der Waals surface area (Å²) in [6.45, 7) is 6.72. The molecule has 102 valence electrons. The van der Waals surface area contributed by atoms with Crippen LogP contribution in [0.3, 0.4) is 0 Å². The Bertz CT molecular complexity index is 348. The van der Waals surface area contributed by atoms with Gasteiger partial charge in [-0.1, -0.05) is 27.2 Å². The summed E-state index contributed by atoms with van der Waals surface area (Å²) in [6, 6.07) is 0.133. The fraction of sp³-hybridized carbons (Fsp3) is 1.00. The van der Waals surface area contributed by atoms with Gasteiger partial charge in [0.25, 0.3) is 0 Å². The van der Waals surface area contributed by atoms with E-state index in [2.05, 4.69) is 26.1 Å². The lowest BCUT2D eigenvalue weighted by molar-refractivity contribution is 0.141. The molecule has 0 amide bonds. The van der Waals surface area contributed by atoms with E-state index < -0.39 is 9.84 Å². The summed E-state index contributed by atoms with van der Waals surface area (Å²) in [4.78, 5) is 0. The van der Waals surface area contributed by atoms with Crippen molar-refractivity contribution >= 4 is 9.84 Å². The predicted octanol–water partition coefficient (Wildman–Crippen LogP) is 2.22. The van der Waals surface area contributed by atoms with Crippen molar-refractivity contribution in [2.45, 2.75) is 57.7 Å². The lowest BCUT2D eigenvalue weighted by Crippen LogP contribution is -2.48. The summed E-state index contributed by atoms with van der Waals surface area (Å²) in [6.07, 6.45) is 5.41. The molecule has 0 aromatic rings. The molecule has 1 rings (SSSR count). The number of rotatable bonds is 4. The first-order valence-electron chi connectivity index (χ1n) is 6.58. The van der Waals surface area contributed by atoms with Gasteiger partial charge in [0.2, 0.25) is 0 Å². The van der Waals surface area contributed by atoms with Gasteiger partial charge >= 0.3 is 0 Å². The lowest BCUT2D eigenvalue weighted by Gasteiger charge is -2.42. The summed E-state index contributed by atoms with van der Waals surface area (Å²) in [5.41, 5.74) is 0.252. The van der Waals surface area contributed by atoms with Crippen LogP contribution in [0.25, 0.3) is 0 Å². The van der Waals surface area contributed by atoms with Crippen LogP contribution in [-0.4, -0.2) is 33.0 Å². The van der Waals surface area contributed by atoms with E-state index in [1.165, 1.54) is 6.26 Å². The van der Waals surface area contributed by atoms with E-state index in [1.54, 1.807) is 0 Å². The third-order valence-electron chi connectivity index (χ3n) is 4.73. The maximum Gasteiger partial charge on any atom is 0.151 e. The molecule has 0 aromatic carbocycles. The first kappa shape index (κ1) is 15.0. The molecule has 1 N–H and O–H groups in total. The number of nitrogens with one attached hydrogen (secondary N) is 1. The van der Waals surface area contributed by atoms with E-state index in [1.807, 2.05) is 7.05 Å². The van der Waals surface area contributed by atoms with Crippen LogP contribution < -0.4 is 5.32 Å². The molecule has 0 saturated heterocycles. The monoisotopic (exact) mass is 261 g/mol. The third kappa shape index (κ3) is 3.44. The van der Waals surface area contributed by atoms with Crippen LogP contribution in [0.15, 0.2) is 0 Å². The Balaban J connectivity index is 2.87. The number of hydrogen-bond donors (Lipinski definition) is 1. The zero-order valence-corrected chi connectivity index (χ0v) is 12.6. The standard InChI is InChI=1S/C13H27NO2S/c1-6-13(2,3)10-7-8-11(14-4)12(9-10)17(5,15)16/h10-12,14H,6-9H2,1-5H3. The van der Waals surface area contributed by atoms with E-state index in [-0.39, 0.29) is 16.7 Å². The Hall–Kier alpha value is -0.0900. The topological polar surface area (TPSA) is 46.2 Å². The Morgan fingerprint density at radius 1 is 1.29 bits per heavy atom. The molecular weight excluding hydrogens is 234 g/mol. The van der Waals surface area contributed by atoms with Gasteiger partial charge in [-0.3, -0.25) is 0 Å². The molecule has 0 aliphatic heterocycles. The van der Waals surface area contributed by atoms with Gasteiger partial charge in [-0.15, -0.1) is 0 Å². The van der Waals surface area contributed by atoms with Gasteiger partial charge < -0.3 is 5.32 Å². The van der Waals surface area contributed by atoms with Crippen molar-refractivity contribution in [3.63, 3.8) is 0 Å². The van der Waals surface area contributed by atoms with Crippen LogP contribution in [-0.2, 0) is 9.84 Å². The van der Waals surface area contributed by atoms with Crippen molar-refractivity contribution in [2.24, 2.45) is 11.3 Å². The van der Waals surface area contributed by atoms with Crippen molar-refractivity contribution in [3.8, 4) is 0 Å². The van der Waals surface area contributed by atoms with Crippen LogP contribution in [0.5, 0.6) is 0 Å². The summed E-state index contributed by atoms with van der Waals surface area (Å²) >= 11 is 0. The Kier molecular flexibility index (Phi) is 4.64. The first-order valence-corrected chi connectivity index (χ1v) is 8.54. The van der Waals surface area contributed by atoms with Crippen molar-refractivity contribution in [3.05, 3.63) is 0 Å². The van der Waals surface area contributed by atoms with Gasteiger partial charge in [0, 0.05) is 12.3 Å². The van der Waals surface area contributed by atoms with Gasteiger partial charge in [0.05, 0.1) is 5.25 Å². The maximum atomic E-state index is 11.9.